The van der Waals surface area contributed by atoms with Crippen molar-refractivity contribution in [3.63, 3.8) is 0 Å². The minimum atomic E-state index is -0.608. The summed E-state index contributed by atoms with van der Waals surface area (Å²) in [5.74, 6) is -0.986. The number of ketones is 1. The van der Waals surface area contributed by atoms with Crippen molar-refractivity contribution < 1.29 is 19.4 Å². The van der Waals surface area contributed by atoms with Crippen molar-refractivity contribution >= 4 is 17.8 Å². The fraction of sp³-hybridized carbons (Fsp3) is 0.333. The van der Waals surface area contributed by atoms with E-state index in [4.69, 9.17) is 4.74 Å². The molecule has 4 heteroatoms. The Morgan fingerprint density at radius 1 is 1.09 bits per heavy atom. The molecule has 1 N–H and O–H groups in total. The molecule has 0 fully saturated rings. The standard InChI is InChI=1S/C18H22O4/c1-4-15(19)17(16(20)5-2)14(18(21)22-6-3)12-13-10-8-7-9-11-13/h7-12,19H,4-6H2,1-3H3/b14-12+,17-15-. The van der Waals surface area contributed by atoms with Gasteiger partial charge >= 0.3 is 5.97 Å². The molecule has 0 unspecified atom stereocenters. The molecule has 118 valence electrons. The van der Waals surface area contributed by atoms with Gasteiger partial charge in [0.15, 0.2) is 5.78 Å². The fourth-order valence-corrected chi connectivity index (χ4v) is 1.98. The van der Waals surface area contributed by atoms with Crippen molar-refractivity contribution in [1.82, 2.24) is 0 Å². The molecular weight excluding hydrogens is 280 g/mol. The summed E-state index contributed by atoms with van der Waals surface area (Å²) in [7, 11) is 0. The lowest BCUT2D eigenvalue weighted by Gasteiger charge is -2.12. The maximum absolute atomic E-state index is 12.2. The van der Waals surface area contributed by atoms with Crippen molar-refractivity contribution in [2.45, 2.75) is 33.6 Å². The molecule has 0 aliphatic rings. The lowest BCUT2D eigenvalue weighted by molar-refractivity contribution is -0.138. The second kappa shape index (κ2) is 8.82. The Labute approximate surface area is 131 Å². The normalized spacial score (nSPS) is 12.6. The molecule has 1 aromatic carbocycles. The van der Waals surface area contributed by atoms with Gasteiger partial charge in [-0.15, -0.1) is 0 Å². The molecular formula is C18H22O4. The third kappa shape index (κ3) is 4.58. The monoisotopic (exact) mass is 302 g/mol. The Hall–Kier alpha value is -2.36. The topological polar surface area (TPSA) is 63.6 Å². The Morgan fingerprint density at radius 2 is 1.73 bits per heavy atom. The maximum atomic E-state index is 12.2. The molecule has 0 heterocycles. The van der Waals surface area contributed by atoms with Crippen LogP contribution in [0.2, 0.25) is 0 Å². The molecule has 4 nitrogen and oxygen atoms in total. The van der Waals surface area contributed by atoms with E-state index in [1.807, 2.05) is 30.3 Å². The summed E-state index contributed by atoms with van der Waals surface area (Å²) in [6.45, 7) is 5.31. The number of Topliss-reactive ketones (excluding diaryl/α,β-unsaturated/α-hetero) is 1. The van der Waals surface area contributed by atoms with Crippen LogP contribution in [0.5, 0.6) is 0 Å². The first-order chi connectivity index (χ1) is 10.5. The number of carbonyl (C=O) groups excluding carboxylic acids is 2. The average molecular weight is 302 g/mol. The van der Waals surface area contributed by atoms with Gasteiger partial charge in [-0.1, -0.05) is 44.2 Å². The average Bonchev–Trinajstić information content (AvgIpc) is 2.54. The summed E-state index contributed by atoms with van der Waals surface area (Å²) < 4.78 is 5.04. The zero-order valence-corrected chi connectivity index (χ0v) is 13.3. The minimum absolute atomic E-state index is 0.0484. The molecule has 22 heavy (non-hydrogen) atoms. The number of esters is 1. The van der Waals surface area contributed by atoms with E-state index in [0.717, 1.165) is 5.56 Å². The van der Waals surface area contributed by atoms with Crippen LogP contribution in [0, 0.1) is 0 Å². The minimum Gasteiger partial charge on any atom is -0.512 e. The Balaban J connectivity index is 3.45. The van der Waals surface area contributed by atoms with Crippen LogP contribution < -0.4 is 0 Å². The van der Waals surface area contributed by atoms with Gasteiger partial charge in [0.2, 0.25) is 0 Å². The second-order valence-corrected chi connectivity index (χ2v) is 4.64. The molecule has 0 bridgehead atoms. The summed E-state index contributed by atoms with van der Waals surface area (Å²) in [6, 6.07) is 9.16. The van der Waals surface area contributed by atoms with Gasteiger partial charge in [0.25, 0.3) is 0 Å². The number of aliphatic hydroxyl groups excluding tert-OH is 1. The van der Waals surface area contributed by atoms with Gasteiger partial charge in [-0.25, -0.2) is 4.79 Å². The molecule has 0 radical (unpaired) electrons. The summed E-state index contributed by atoms with van der Waals surface area (Å²) in [6.07, 6.45) is 2.05. The summed E-state index contributed by atoms with van der Waals surface area (Å²) >= 11 is 0. The van der Waals surface area contributed by atoms with Gasteiger partial charge in [-0.3, -0.25) is 4.79 Å². The van der Waals surface area contributed by atoms with Crippen LogP contribution >= 0.6 is 0 Å². The predicted molar refractivity (Wildman–Crippen MR) is 86.3 cm³/mol. The van der Waals surface area contributed by atoms with E-state index in [9.17, 15) is 14.7 Å². The molecule has 0 aliphatic heterocycles. The first-order valence-electron chi connectivity index (χ1n) is 7.44. The number of aliphatic hydroxyl groups is 1. The molecule has 1 aromatic rings. The quantitative estimate of drug-likeness (QED) is 0.360. The lowest BCUT2D eigenvalue weighted by Crippen LogP contribution is -2.16. The fourth-order valence-electron chi connectivity index (χ4n) is 1.98. The number of benzene rings is 1. The van der Waals surface area contributed by atoms with Crippen molar-refractivity contribution in [2.24, 2.45) is 0 Å². The van der Waals surface area contributed by atoms with E-state index in [0.29, 0.717) is 0 Å². The highest BCUT2D eigenvalue weighted by atomic mass is 16.5. The van der Waals surface area contributed by atoms with Crippen LogP contribution in [-0.4, -0.2) is 23.5 Å². The van der Waals surface area contributed by atoms with Gasteiger partial charge in [-0.05, 0) is 18.6 Å². The number of ether oxygens (including phenoxy) is 1. The van der Waals surface area contributed by atoms with Crippen LogP contribution in [0.25, 0.3) is 6.08 Å². The van der Waals surface area contributed by atoms with Crippen LogP contribution in [0.15, 0.2) is 47.2 Å². The first kappa shape index (κ1) is 17.7. The van der Waals surface area contributed by atoms with Crippen molar-refractivity contribution in [2.75, 3.05) is 6.61 Å². The van der Waals surface area contributed by atoms with Gasteiger partial charge < -0.3 is 9.84 Å². The molecule has 1 rings (SSSR count). The highest BCUT2D eigenvalue weighted by molar-refractivity contribution is 6.12. The van der Waals surface area contributed by atoms with Crippen molar-refractivity contribution in [1.29, 1.82) is 0 Å². The van der Waals surface area contributed by atoms with E-state index in [2.05, 4.69) is 0 Å². The number of carbonyl (C=O) groups is 2. The Morgan fingerprint density at radius 3 is 2.23 bits per heavy atom. The van der Waals surface area contributed by atoms with Crippen LogP contribution in [0.3, 0.4) is 0 Å². The highest BCUT2D eigenvalue weighted by Crippen LogP contribution is 2.22. The van der Waals surface area contributed by atoms with Crippen molar-refractivity contribution in [3.05, 3.63) is 52.8 Å². The predicted octanol–water partition coefficient (Wildman–Crippen LogP) is 3.83. The van der Waals surface area contributed by atoms with Crippen LogP contribution in [-0.2, 0) is 14.3 Å². The van der Waals surface area contributed by atoms with E-state index in [1.54, 1.807) is 26.8 Å². The van der Waals surface area contributed by atoms with Gasteiger partial charge in [0, 0.05) is 12.8 Å². The lowest BCUT2D eigenvalue weighted by atomic mass is 9.95. The van der Waals surface area contributed by atoms with E-state index < -0.39 is 5.97 Å². The zero-order valence-electron chi connectivity index (χ0n) is 13.3. The number of hydrogen-bond acceptors (Lipinski definition) is 4. The Bertz CT molecular complexity index is 582. The largest absolute Gasteiger partial charge is 0.512 e. The van der Waals surface area contributed by atoms with E-state index in [1.165, 1.54) is 0 Å². The summed E-state index contributed by atoms with van der Waals surface area (Å²) in [4.78, 5) is 24.4. The summed E-state index contributed by atoms with van der Waals surface area (Å²) in [5.41, 5.74) is 0.905. The van der Waals surface area contributed by atoms with Crippen molar-refractivity contribution in [3.8, 4) is 0 Å². The Kier molecular flexibility index (Phi) is 7.09. The van der Waals surface area contributed by atoms with Gasteiger partial charge in [0.1, 0.15) is 5.76 Å². The molecule has 0 spiro atoms. The number of allylic oxidation sites excluding steroid dienone is 1. The highest BCUT2D eigenvalue weighted by Gasteiger charge is 2.24. The number of rotatable bonds is 7. The zero-order chi connectivity index (χ0) is 16.5. The molecule has 0 aromatic heterocycles. The molecule has 0 atom stereocenters. The van der Waals surface area contributed by atoms with Crippen LogP contribution in [0.4, 0.5) is 0 Å². The maximum Gasteiger partial charge on any atom is 0.339 e. The van der Waals surface area contributed by atoms with Crippen LogP contribution in [0.1, 0.15) is 39.2 Å². The second-order valence-electron chi connectivity index (χ2n) is 4.64. The smallest absolute Gasteiger partial charge is 0.339 e. The molecule has 0 aliphatic carbocycles. The van der Waals surface area contributed by atoms with E-state index >= 15 is 0 Å². The van der Waals surface area contributed by atoms with Gasteiger partial charge in [-0.2, -0.15) is 0 Å². The molecule has 0 saturated heterocycles. The molecule has 0 saturated carbocycles. The number of hydrogen-bond donors (Lipinski definition) is 1. The third-order valence-corrected chi connectivity index (χ3v) is 3.10. The van der Waals surface area contributed by atoms with E-state index in [-0.39, 0.29) is 42.1 Å². The SMILES string of the molecule is CCOC(=O)C(=C/c1ccccc1)/C(C(=O)CC)=C(/O)CC. The third-order valence-electron chi connectivity index (χ3n) is 3.10. The first-order valence-corrected chi connectivity index (χ1v) is 7.44. The molecule has 0 amide bonds. The van der Waals surface area contributed by atoms with Gasteiger partial charge in [0.05, 0.1) is 17.8 Å². The summed E-state index contributed by atoms with van der Waals surface area (Å²) in [5, 5.41) is 10.1.